The summed E-state index contributed by atoms with van der Waals surface area (Å²) < 4.78 is 6.58. The number of benzene rings is 1. The molecule has 0 amide bonds. The fourth-order valence-electron chi connectivity index (χ4n) is 1.99. The smallest absolute Gasteiger partial charge is 0.356 e. The highest BCUT2D eigenvalue weighted by Gasteiger charge is 2.16. The molecule has 0 aliphatic rings. The number of aromatic carboxylic acids is 1. The maximum Gasteiger partial charge on any atom is 0.356 e. The van der Waals surface area contributed by atoms with Crippen LogP contribution in [0.5, 0.6) is 5.75 Å². The van der Waals surface area contributed by atoms with Crippen molar-refractivity contribution in [3.63, 3.8) is 0 Å². The van der Waals surface area contributed by atoms with Crippen molar-refractivity contribution in [2.24, 2.45) is 0 Å². The van der Waals surface area contributed by atoms with Crippen molar-refractivity contribution < 1.29 is 14.6 Å². The van der Waals surface area contributed by atoms with Gasteiger partial charge in [0.2, 0.25) is 0 Å². The second kappa shape index (κ2) is 5.09. The van der Waals surface area contributed by atoms with Crippen LogP contribution in [0.4, 0.5) is 0 Å². The van der Waals surface area contributed by atoms with E-state index < -0.39 is 5.97 Å². The number of carbonyl (C=O) groups is 1. The third-order valence-electron chi connectivity index (χ3n) is 2.90. The molecule has 0 bridgehead atoms. The number of nitrogens with zero attached hydrogens (tertiary/aromatic N) is 3. The minimum absolute atomic E-state index is 0.119. The van der Waals surface area contributed by atoms with E-state index in [2.05, 4.69) is 10.3 Å². The van der Waals surface area contributed by atoms with Gasteiger partial charge in [0.15, 0.2) is 5.69 Å². The van der Waals surface area contributed by atoms with E-state index in [4.69, 9.17) is 9.84 Å². The molecular formula is C13H15N3O3. The van der Waals surface area contributed by atoms with E-state index in [0.29, 0.717) is 12.2 Å². The van der Waals surface area contributed by atoms with Crippen LogP contribution in [-0.2, 0) is 6.54 Å². The van der Waals surface area contributed by atoms with Gasteiger partial charge in [-0.1, -0.05) is 17.3 Å². The van der Waals surface area contributed by atoms with Gasteiger partial charge in [-0.25, -0.2) is 9.48 Å². The zero-order valence-electron chi connectivity index (χ0n) is 11.0. The van der Waals surface area contributed by atoms with E-state index in [1.807, 2.05) is 25.1 Å². The van der Waals surface area contributed by atoms with E-state index in [1.54, 1.807) is 14.0 Å². The van der Waals surface area contributed by atoms with Crippen LogP contribution < -0.4 is 4.74 Å². The first-order valence-electron chi connectivity index (χ1n) is 5.80. The van der Waals surface area contributed by atoms with Crippen LogP contribution in [0.2, 0.25) is 0 Å². The Morgan fingerprint density at radius 3 is 2.74 bits per heavy atom. The fraction of sp³-hybridized carbons (Fsp3) is 0.308. The second-order valence-corrected chi connectivity index (χ2v) is 4.29. The first-order valence-corrected chi connectivity index (χ1v) is 5.80. The molecule has 0 aliphatic carbocycles. The van der Waals surface area contributed by atoms with Crippen LogP contribution in [0.25, 0.3) is 0 Å². The number of methoxy groups -OCH3 is 1. The Bertz CT molecular complexity index is 620. The summed E-state index contributed by atoms with van der Waals surface area (Å²) in [5.74, 6) is -0.218. The Hall–Kier alpha value is -2.37. The van der Waals surface area contributed by atoms with Gasteiger partial charge in [-0.2, -0.15) is 0 Å². The molecule has 19 heavy (non-hydrogen) atoms. The molecule has 0 saturated carbocycles. The highest BCUT2D eigenvalue weighted by atomic mass is 16.5. The van der Waals surface area contributed by atoms with Crippen molar-refractivity contribution in [1.29, 1.82) is 0 Å². The van der Waals surface area contributed by atoms with Crippen LogP contribution in [0.3, 0.4) is 0 Å². The number of carboxylic acids is 1. The standard InChI is InChI=1S/C13H15N3O3/c1-8-6-10(4-5-11(8)19-3)7-16-12(13(17)18)9(2)14-15-16/h4-6H,7H2,1-3H3,(H,17,18). The third kappa shape index (κ3) is 2.57. The molecule has 1 aromatic carbocycles. The number of aromatic nitrogens is 3. The first-order chi connectivity index (χ1) is 9.02. The molecule has 2 aromatic rings. The number of hydrogen-bond donors (Lipinski definition) is 1. The average molecular weight is 261 g/mol. The van der Waals surface area contributed by atoms with Crippen LogP contribution >= 0.6 is 0 Å². The molecule has 0 unspecified atom stereocenters. The molecule has 0 atom stereocenters. The van der Waals surface area contributed by atoms with Gasteiger partial charge in [0.05, 0.1) is 19.3 Å². The predicted octanol–water partition coefficient (Wildman–Crippen LogP) is 1.65. The molecule has 0 fully saturated rings. The fourth-order valence-corrected chi connectivity index (χ4v) is 1.99. The Labute approximate surface area is 110 Å². The molecule has 6 nitrogen and oxygen atoms in total. The van der Waals surface area contributed by atoms with E-state index in [9.17, 15) is 4.79 Å². The van der Waals surface area contributed by atoms with Gasteiger partial charge in [0.1, 0.15) is 5.75 Å². The Kier molecular flexibility index (Phi) is 3.50. The number of rotatable bonds is 4. The van der Waals surface area contributed by atoms with Gasteiger partial charge >= 0.3 is 5.97 Å². The molecule has 0 saturated heterocycles. The maximum atomic E-state index is 11.1. The van der Waals surface area contributed by atoms with Crippen LogP contribution in [0, 0.1) is 13.8 Å². The largest absolute Gasteiger partial charge is 0.496 e. The van der Waals surface area contributed by atoms with Gasteiger partial charge in [-0.05, 0) is 31.0 Å². The lowest BCUT2D eigenvalue weighted by Crippen LogP contribution is -2.12. The van der Waals surface area contributed by atoms with Crippen molar-refractivity contribution in [2.45, 2.75) is 20.4 Å². The quantitative estimate of drug-likeness (QED) is 0.905. The van der Waals surface area contributed by atoms with Crippen molar-refractivity contribution in [3.05, 3.63) is 40.7 Å². The lowest BCUT2D eigenvalue weighted by Gasteiger charge is -2.08. The third-order valence-corrected chi connectivity index (χ3v) is 2.90. The maximum absolute atomic E-state index is 11.1. The van der Waals surface area contributed by atoms with Crippen molar-refractivity contribution >= 4 is 5.97 Å². The summed E-state index contributed by atoms with van der Waals surface area (Å²) >= 11 is 0. The van der Waals surface area contributed by atoms with Crippen LogP contribution in [0.1, 0.15) is 27.3 Å². The topological polar surface area (TPSA) is 77.2 Å². The zero-order valence-corrected chi connectivity index (χ0v) is 11.0. The lowest BCUT2D eigenvalue weighted by molar-refractivity contribution is 0.0683. The molecule has 1 heterocycles. The molecule has 0 radical (unpaired) electrons. The number of hydrogen-bond acceptors (Lipinski definition) is 4. The summed E-state index contributed by atoms with van der Waals surface area (Å²) in [6.45, 7) is 3.94. The number of carboxylic acid groups (broad SMARTS) is 1. The predicted molar refractivity (Wildman–Crippen MR) is 68.6 cm³/mol. The van der Waals surface area contributed by atoms with Crippen LogP contribution in [-0.4, -0.2) is 33.2 Å². The molecular weight excluding hydrogens is 246 g/mol. The summed E-state index contributed by atoms with van der Waals surface area (Å²) in [5.41, 5.74) is 2.48. The minimum Gasteiger partial charge on any atom is -0.496 e. The van der Waals surface area contributed by atoms with E-state index in [0.717, 1.165) is 16.9 Å². The van der Waals surface area contributed by atoms with Gasteiger partial charge in [0.25, 0.3) is 0 Å². The summed E-state index contributed by atoms with van der Waals surface area (Å²) in [6.07, 6.45) is 0. The zero-order chi connectivity index (χ0) is 14.0. The molecule has 100 valence electrons. The molecule has 0 aliphatic heterocycles. The highest BCUT2D eigenvalue weighted by Crippen LogP contribution is 2.19. The second-order valence-electron chi connectivity index (χ2n) is 4.29. The molecule has 6 heteroatoms. The summed E-state index contributed by atoms with van der Waals surface area (Å²) in [5, 5.41) is 16.8. The van der Waals surface area contributed by atoms with Gasteiger partial charge in [0, 0.05) is 0 Å². The number of ether oxygens (including phenoxy) is 1. The van der Waals surface area contributed by atoms with Crippen molar-refractivity contribution in [2.75, 3.05) is 7.11 Å². The summed E-state index contributed by atoms with van der Waals surface area (Å²) in [6, 6.07) is 5.69. The summed E-state index contributed by atoms with van der Waals surface area (Å²) in [4.78, 5) is 11.1. The normalized spacial score (nSPS) is 10.5. The van der Waals surface area contributed by atoms with Gasteiger partial charge in [-0.15, -0.1) is 5.10 Å². The number of aryl methyl sites for hydroxylation is 2. The Morgan fingerprint density at radius 1 is 1.42 bits per heavy atom. The van der Waals surface area contributed by atoms with Gasteiger partial charge in [-0.3, -0.25) is 0 Å². The Balaban J connectivity index is 2.31. The molecule has 1 N–H and O–H groups in total. The van der Waals surface area contributed by atoms with E-state index >= 15 is 0 Å². The van der Waals surface area contributed by atoms with Crippen LogP contribution in [0.15, 0.2) is 18.2 Å². The first kappa shape index (κ1) is 13.1. The van der Waals surface area contributed by atoms with Crippen molar-refractivity contribution in [1.82, 2.24) is 15.0 Å². The average Bonchev–Trinajstić information content (AvgIpc) is 2.70. The minimum atomic E-state index is -1.02. The van der Waals surface area contributed by atoms with Gasteiger partial charge < -0.3 is 9.84 Å². The van der Waals surface area contributed by atoms with E-state index in [1.165, 1.54) is 4.68 Å². The molecule has 2 rings (SSSR count). The highest BCUT2D eigenvalue weighted by molar-refractivity contribution is 5.86. The summed E-state index contributed by atoms with van der Waals surface area (Å²) in [7, 11) is 1.62. The molecule has 1 aromatic heterocycles. The lowest BCUT2D eigenvalue weighted by atomic mass is 10.1. The SMILES string of the molecule is COc1ccc(Cn2nnc(C)c2C(=O)O)cc1C. The molecule has 0 spiro atoms. The Morgan fingerprint density at radius 2 is 2.16 bits per heavy atom. The van der Waals surface area contributed by atoms with Crippen molar-refractivity contribution in [3.8, 4) is 5.75 Å². The van der Waals surface area contributed by atoms with E-state index in [-0.39, 0.29) is 5.69 Å². The monoisotopic (exact) mass is 261 g/mol.